The largest absolute Gasteiger partial charge is 0.479 e. The third kappa shape index (κ3) is 3.12. The van der Waals surface area contributed by atoms with Gasteiger partial charge in [-0.1, -0.05) is 0 Å². The average molecular weight is 358 g/mol. The highest BCUT2D eigenvalue weighted by atomic mass is 16.4. The Morgan fingerprint density at radius 2 is 1.88 bits per heavy atom. The van der Waals surface area contributed by atoms with Crippen molar-refractivity contribution in [3.05, 3.63) is 36.0 Å². The number of aliphatic carboxylic acids is 1. The maximum absolute atomic E-state index is 12.1. The highest BCUT2D eigenvalue weighted by Crippen LogP contribution is 2.32. The maximum atomic E-state index is 12.1. The van der Waals surface area contributed by atoms with Crippen LogP contribution in [0.4, 0.5) is 5.82 Å². The van der Waals surface area contributed by atoms with E-state index in [2.05, 4.69) is 15.1 Å². The number of hydrogen-bond donors (Lipinski definition) is 1. The fourth-order valence-corrected chi connectivity index (χ4v) is 3.13. The molecule has 0 radical (unpaired) electrons. The number of carbonyl (C=O) groups excluding carboxylic acids is 1. The number of piperidine rings is 1. The van der Waals surface area contributed by atoms with Crippen LogP contribution in [0, 0.1) is 6.92 Å². The van der Waals surface area contributed by atoms with Crippen molar-refractivity contribution in [2.45, 2.75) is 25.3 Å². The summed E-state index contributed by atoms with van der Waals surface area (Å²) in [6.07, 6.45) is 7.23. The lowest BCUT2D eigenvalue weighted by Gasteiger charge is -2.39. The van der Waals surface area contributed by atoms with Crippen LogP contribution in [0.5, 0.6) is 0 Å². The van der Waals surface area contributed by atoms with Gasteiger partial charge in [-0.2, -0.15) is 5.10 Å². The second-order valence-electron chi connectivity index (χ2n) is 6.75. The van der Waals surface area contributed by atoms with Crippen LogP contribution in [-0.2, 0) is 10.3 Å². The Balaban J connectivity index is 1.80. The van der Waals surface area contributed by atoms with E-state index in [0.29, 0.717) is 31.7 Å². The monoisotopic (exact) mass is 358 g/mol. The van der Waals surface area contributed by atoms with E-state index in [-0.39, 0.29) is 11.6 Å². The van der Waals surface area contributed by atoms with Gasteiger partial charge in [-0.25, -0.2) is 9.78 Å². The molecular weight excluding hydrogens is 336 g/mol. The number of carboxylic acids is 1. The van der Waals surface area contributed by atoms with Crippen LogP contribution in [0.3, 0.4) is 0 Å². The second-order valence-corrected chi connectivity index (χ2v) is 6.75. The molecule has 0 spiro atoms. The zero-order chi connectivity index (χ0) is 18.9. The summed E-state index contributed by atoms with van der Waals surface area (Å²) in [6.45, 7) is 2.86. The molecule has 0 saturated carbocycles. The van der Waals surface area contributed by atoms with E-state index in [9.17, 15) is 14.7 Å². The fraction of sp³-hybridized carbons (Fsp3) is 0.471. The first-order valence-electron chi connectivity index (χ1n) is 8.37. The number of nitrogens with zero attached hydrogens (tertiary/aromatic N) is 6. The van der Waals surface area contributed by atoms with Crippen molar-refractivity contribution in [1.82, 2.24) is 24.6 Å². The van der Waals surface area contributed by atoms with Crippen LogP contribution < -0.4 is 4.90 Å². The van der Waals surface area contributed by atoms with E-state index in [1.165, 1.54) is 11.1 Å². The van der Waals surface area contributed by atoms with E-state index in [4.69, 9.17) is 0 Å². The molecule has 0 aliphatic carbocycles. The molecule has 0 unspecified atom stereocenters. The van der Waals surface area contributed by atoms with E-state index in [0.717, 1.165) is 5.56 Å². The van der Waals surface area contributed by atoms with E-state index in [1.807, 2.05) is 11.8 Å². The van der Waals surface area contributed by atoms with Crippen LogP contribution in [0.25, 0.3) is 0 Å². The molecule has 1 fully saturated rings. The molecule has 3 heterocycles. The van der Waals surface area contributed by atoms with Crippen molar-refractivity contribution in [3.8, 4) is 0 Å². The lowest BCUT2D eigenvalue weighted by atomic mass is 9.87. The van der Waals surface area contributed by atoms with Gasteiger partial charge in [-0.05, 0) is 12.5 Å². The zero-order valence-electron chi connectivity index (χ0n) is 15.1. The molecule has 3 rings (SSSR count). The molecule has 1 aliphatic heterocycles. The zero-order valence-corrected chi connectivity index (χ0v) is 15.1. The Hall–Kier alpha value is -2.97. The smallest absolute Gasteiger partial charge is 0.331 e. The minimum Gasteiger partial charge on any atom is -0.479 e. The summed E-state index contributed by atoms with van der Waals surface area (Å²) in [5, 5.41) is 14.1. The van der Waals surface area contributed by atoms with Gasteiger partial charge in [0.25, 0.3) is 5.91 Å². The van der Waals surface area contributed by atoms with Crippen LogP contribution in [0.1, 0.15) is 28.9 Å². The number of aromatic nitrogens is 4. The topological polar surface area (TPSA) is 104 Å². The number of carboxylic acid groups (broad SMARTS) is 1. The predicted octanol–water partition coefficient (Wildman–Crippen LogP) is 0.764. The number of amides is 1. The summed E-state index contributed by atoms with van der Waals surface area (Å²) in [7, 11) is 3.32. The first-order chi connectivity index (χ1) is 12.3. The van der Waals surface area contributed by atoms with Crippen molar-refractivity contribution in [1.29, 1.82) is 0 Å². The van der Waals surface area contributed by atoms with Crippen molar-refractivity contribution >= 4 is 17.7 Å². The summed E-state index contributed by atoms with van der Waals surface area (Å²) in [6, 6.07) is 0. The first kappa shape index (κ1) is 17.8. The van der Waals surface area contributed by atoms with Gasteiger partial charge >= 0.3 is 5.97 Å². The molecule has 138 valence electrons. The number of hydrogen-bond acceptors (Lipinski definition) is 6. The van der Waals surface area contributed by atoms with Crippen LogP contribution in [-0.4, -0.2) is 68.8 Å². The van der Waals surface area contributed by atoms with Gasteiger partial charge in [0.05, 0.1) is 18.6 Å². The highest BCUT2D eigenvalue weighted by Gasteiger charge is 2.44. The molecule has 1 aliphatic rings. The molecule has 2 aromatic rings. The lowest BCUT2D eigenvalue weighted by Crippen LogP contribution is -2.51. The lowest BCUT2D eigenvalue weighted by molar-refractivity contribution is -0.149. The number of rotatable bonds is 4. The summed E-state index contributed by atoms with van der Waals surface area (Å²) >= 11 is 0. The molecule has 2 aromatic heterocycles. The number of aryl methyl sites for hydroxylation is 1. The van der Waals surface area contributed by atoms with Gasteiger partial charge in [-0.15, -0.1) is 0 Å². The predicted molar refractivity (Wildman–Crippen MR) is 94.1 cm³/mol. The second kappa shape index (κ2) is 6.74. The molecular formula is C17H22N6O3. The normalized spacial score (nSPS) is 16.3. The van der Waals surface area contributed by atoms with Crippen LogP contribution >= 0.6 is 0 Å². The van der Waals surface area contributed by atoms with Crippen molar-refractivity contribution < 1.29 is 14.7 Å². The maximum Gasteiger partial charge on any atom is 0.331 e. The molecule has 0 aromatic carbocycles. The molecule has 0 atom stereocenters. The van der Waals surface area contributed by atoms with E-state index >= 15 is 0 Å². The highest BCUT2D eigenvalue weighted by molar-refractivity contribution is 5.91. The SMILES string of the molecule is Cc1cnn(C2(C(=O)O)CCN(c3cncc(C(=O)N(C)C)n3)CC2)c1. The quantitative estimate of drug-likeness (QED) is 0.860. The summed E-state index contributed by atoms with van der Waals surface area (Å²) < 4.78 is 1.56. The van der Waals surface area contributed by atoms with Crippen molar-refractivity contribution in [3.63, 3.8) is 0 Å². The summed E-state index contributed by atoms with van der Waals surface area (Å²) in [5.41, 5.74) is 0.133. The summed E-state index contributed by atoms with van der Waals surface area (Å²) in [4.78, 5) is 36.0. The van der Waals surface area contributed by atoms with Gasteiger partial charge in [0, 0.05) is 46.2 Å². The van der Waals surface area contributed by atoms with Gasteiger partial charge in [0.15, 0.2) is 5.54 Å². The standard InChI is InChI=1S/C17H22N6O3/c1-12-8-19-23(11-12)17(16(25)26)4-6-22(7-5-17)14-10-18-9-13(20-14)15(24)21(2)3/h8-11H,4-7H2,1-3H3,(H,25,26). The van der Waals surface area contributed by atoms with Crippen LogP contribution in [0.15, 0.2) is 24.8 Å². The average Bonchev–Trinajstić information content (AvgIpc) is 3.08. The van der Waals surface area contributed by atoms with Crippen molar-refractivity contribution in [2.75, 3.05) is 32.1 Å². The Morgan fingerprint density at radius 1 is 1.19 bits per heavy atom. The molecule has 26 heavy (non-hydrogen) atoms. The molecule has 1 N–H and O–H groups in total. The Kier molecular flexibility index (Phi) is 4.62. The van der Waals surface area contributed by atoms with E-state index in [1.54, 1.807) is 37.4 Å². The third-order valence-electron chi connectivity index (χ3n) is 4.71. The minimum atomic E-state index is -1.06. The number of anilines is 1. The van der Waals surface area contributed by atoms with Crippen molar-refractivity contribution in [2.24, 2.45) is 0 Å². The Labute approximate surface area is 151 Å². The minimum absolute atomic E-state index is 0.219. The Bertz CT molecular complexity index is 823. The molecule has 9 nitrogen and oxygen atoms in total. The Morgan fingerprint density at radius 3 is 2.42 bits per heavy atom. The molecule has 1 amide bonds. The third-order valence-corrected chi connectivity index (χ3v) is 4.71. The van der Waals surface area contributed by atoms with Crippen LogP contribution in [0.2, 0.25) is 0 Å². The van der Waals surface area contributed by atoms with Gasteiger partial charge in [-0.3, -0.25) is 14.5 Å². The van der Waals surface area contributed by atoms with E-state index < -0.39 is 11.5 Å². The molecule has 9 heteroatoms. The molecule has 0 bridgehead atoms. The van der Waals surface area contributed by atoms with Gasteiger partial charge < -0.3 is 14.9 Å². The number of carbonyl (C=O) groups is 2. The fourth-order valence-electron chi connectivity index (χ4n) is 3.13. The summed E-state index contributed by atoms with van der Waals surface area (Å²) in [5.74, 6) is -0.528. The van der Waals surface area contributed by atoms with Gasteiger partial charge in [0.1, 0.15) is 11.5 Å². The first-order valence-corrected chi connectivity index (χ1v) is 8.37. The molecule has 1 saturated heterocycles. The van der Waals surface area contributed by atoms with Gasteiger partial charge in [0.2, 0.25) is 0 Å².